The Bertz CT molecular complexity index is 740. The van der Waals surface area contributed by atoms with Gasteiger partial charge in [-0.05, 0) is 56.2 Å². The highest BCUT2D eigenvalue weighted by Gasteiger charge is 2.52. The first kappa shape index (κ1) is 14.0. The summed E-state index contributed by atoms with van der Waals surface area (Å²) in [5, 5.41) is 9.81. The van der Waals surface area contributed by atoms with E-state index in [2.05, 4.69) is 14.8 Å². The van der Waals surface area contributed by atoms with E-state index in [1.165, 1.54) is 25.7 Å². The van der Waals surface area contributed by atoms with Gasteiger partial charge in [0.25, 0.3) is 0 Å². The lowest BCUT2D eigenvalue weighted by atomic mass is 9.62. The van der Waals surface area contributed by atoms with E-state index in [1.807, 2.05) is 24.3 Å². The minimum absolute atomic E-state index is 0.327. The predicted molar refractivity (Wildman–Crippen MR) is 86.6 cm³/mol. The fourth-order valence-electron chi connectivity index (χ4n) is 3.96. The molecule has 23 heavy (non-hydrogen) atoms. The van der Waals surface area contributed by atoms with Crippen LogP contribution >= 0.6 is 11.6 Å². The molecule has 0 unspecified atom stereocenters. The Labute approximate surface area is 139 Å². The minimum Gasteiger partial charge on any atom is -0.311 e. The molecule has 3 fully saturated rings. The first-order chi connectivity index (χ1) is 11.2. The van der Waals surface area contributed by atoms with Crippen molar-refractivity contribution in [3.63, 3.8) is 0 Å². The van der Waals surface area contributed by atoms with E-state index >= 15 is 0 Å². The van der Waals surface area contributed by atoms with Gasteiger partial charge in [0, 0.05) is 17.0 Å². The smallest absolute Gasteiger partial charge is 0.144 e. The third-order valence-corrected chi connectivity index (χ3v) is 5.79. The van der Waals surface area contributed by atoms with E-state index in [4.69, 9.17) is 11.6 Å². The third-order valence-electron chi connectivity index (χ3n) is 5.54. The molecule has 0 radical (unpaired) electrons. The van der Waals surface area contributed by atoms with E-state index in [0.29, 0.717) is 29.8 Å². The van der Waals surface area contributed by atoms with E-state index < -0.39 is 6.17 Å². The summed E-state index contributed by atoms with van der Waals surface area (Å²) in [4.78, 5) is 0. The van der Waals surface area contributed by atoms with Crippen molar-refractivity contribution in [2.24, 2.45) is 0 Å². The Morgan fingerprint density at radius 3 is 2.30 bits per heavy atom. The van der Waals surface area contributed by atoms with Crippen LogP contribution in [0, 0.1) is 0 Å². The summed E-state index contributed by atoms with van der Waals surface area (Å²) >= 11 is 6.04. The molecule has 3 nitrogen and oxygen atoms in total. The molecule has 3 saturated carbocycles. The summed E-state index contributed by atoms with van der Waals surface area (Å²) in [6.45, 7) is 0. The Hall–Kier alpha value is -1.42. The van der Waals surface area contributed by atoms with Crippen LogP contribution in [0.15, 0.2) is 24.3 Å². The topological polar surface area (TPSA) is 30.7 Å². The highest BCUT2D eigenvalue weighted by atomic mass is 35.5. The zero-order chi connectivity index (χ0) is 15.6. The second-order valence-electron chi connectivity index (χ2n) is 7.35. The van der Waals surface area contributed by atoms with Crippen LogP contribution in [0.2, 0.25) is 5.02 Å². The van der Waals surface area contributed by atoms with Crippen molar-refractivity contribution >= 4 is 11.6 Å². The van der Waals surface area contributed by atoms with E-state index in [0.717, 1.165) is 17.2 Å². The van der Waals surface area contributed by atoms with Crippen LogP contribution < -0.4 is 0 Å². The number of hydrogen-bond acceptors (Lipinski definition) is 2. The third kappa shape index (κ3) is 2.14. The number of benzene rings is 1. The molecule has 1 heterocycles. The van der Waals surface area contributed by atoms with E-state index in [1.54, 1.807) is 0 Å². The lowest BCUT2D eigenvalue weighted by Gasteiger charge is -2.44. The van der Waals surface area contributed by atoms with E-state index in [9.17, 15) is 4.39 Å². The van der Waals surface area contributed by atoms with Gasteiger partial charge in [-0.15, -0.1) is 10.2 Å². The van der Waals surface area contributed by atoms with Crippen molar-refractivity contribution in [3.05, 3.63) is 46.5 Å². The molecule has 3 aliphatic carbocycles. The average molecular weight is 332 g/mol. The van der Waals surface area contributed by atoms with Gasteiger partial charge in [-0.25, -0.2) is 4.39 Å². The normalized spacial score (nSPS) is 30.3. The molecular formula is C18H19ClFN3. The summed E-state index contributed by atoms with van der Waals surface area (Å²) in [5.41, 5.74) is 0.791. The zero-order valence-electron chi connectivity index (χ0n) is 12.9. The van der Waals surface area contributed by atoms with Crippen molar-refractivity contribution in [2.45, 2.75) is 62.1 Å². The maximum absolute atomic E-state index is 13.9. The predicted octanol–water partition coefficient (Wildman–Crippen LogP) is 4.56. The minimum atomic E-state index is -0.751. The van der Waals surface area contributed by atoms with Gasteiger partial charge in [0.2, 0.25) is 0 Å². The van der Waals surface area contributed by atoms with Crippen molar-refractivity contribution < 1.29 is 4.39 Å². The molecule has 0 N–H and O–H groups in total. The van der Waals surface area contributed by atoms with Crippen molar-refractivity contribution in [1.82, 2.24) is 14.8 Å². The molecule has 3 aliphatic rings. The molecule has 2 aromatic rings. The fraction of sp³-hybridized carbons (Fsp3) is 0.556. The largest absolute Gasteiger partial charge is 0.311 e. The number of halogens is 2. The first-order valence-electron chi connectivity index (χ1n) is 8.53. The average Bonchev–Trinajstić information content (AvgIpc) is 3.43. The highest BCUT2D eigenvalue weighted by Crippen LogP contribution is 2.53. The van der Waals surface area contributed by atoms with Crippen molar-refractivity contribution in [2.75, 3.05) is 0 Å². The summed E-state index contributed by atoms with van der Waals surface area (Å²) in [7, 11) is 0. The number of nitrogens with zero attached hydrogens (tertiary/aromatic N) is 3. The van der Waals surface area contributed by atoms with Crippen LogP contribution in [0.1, 0.15) is 67.7 Å². The molecule has 120 valence electrons. The Morgan fingerprint density at radius 2 is 1.74 bits per heavy atom. The lowest BCUT2D eigenvalue weighted by Crippen LogP contribution is -2.45. The fourth-order valence-corrected chi connectivity index (χ4v) is 4.08. The van der Waals surface area contributed by atoms with E-state index in [-0.39, 0.29) is 5.41 Å². The molecule has 0 bridgehead atoms. The molecule has 0 aliphatic heterocycles. The molecule has 5 heteroatoms. The van der Waals surface area contributed by atoms with Gasteiger partial charge in [-0.1, -0.05) is 23.7 Å². The summed E-state index contributed by atoms with van der Waals surface area (Å²) in [6.07, 6.45) is 5.07. The number of hydrogen-bond donors (Lipinski definition) is 0. The first-order valence-corrected chi connectivity index (χ1v) is 8.90. The van der Waals surface area contributed by atoms with Crippen LogP contribution in [0.4, 0.5) is 4.39 Å². The molecule has 0 spiro atoms. The van der Waals surface area contributed by atoms with Crippen LogP contribution in [0.3, 0.4) is 0 Å². The van der Waals surface area contributed by atoms with Gasteiger partial charge in [-0.3, -0.25) is 0 Å². The Kier molecular flexibility index (Phi) is 2.91. The second kappa shape index (κ2) is 4.79. The molecule has 0 atom stereocenters. The molecule has 1 aromatic heterocycles. The summed E-state index contributed by atoms with van der Waals surface area (Å²) in [5.74, 6) is 2.69. The van der Waals surface area contributed by atoms with Crippen LogP contribution in [-0.2, 0) is 5.41 Å². The Balaban J connectivity index is 1.64. The molecule has 0 saturated heterocycles. The molecule has 0 amide bonds. The maximum atomic E-state index is 13.9. The molecule has 1 aromatic carbocycles. The Morgan fingerprint density at radius 1 is 1.04 bits per heavy atom. The van der Waals surface area contributed by atoms with Gasteiger partial charge in [0.05, 0.1) is 5.41 Å². The second-order valence-corrected chi connectivity index (χ2v) is 7.79. The van der Waals surface area contributed by atoms with Gasteiger partial charge in [-0.2, -0.15) is 0 Å². The van der Waals surface area contributed by atoms with Crippen molar-refractivity contribution in [1.29, 1.82) is 0 Å². The van der Waals surface area contributed by atoms with Crippen molar-refractivity contribution in [3.8, 4) is 0 Å². The highest BCUT2D eigenvalue weighted by molar-refractivity contribution is 6.30. The zero-order valence-corrected chi connectivity index (χ0v) is 13.6. The van der Waals surface area contributed by atoms with Gasteiger partial charge >= 0.3 is 0 Å². The maximum Gasteiger partial charge on any atom is 0.144 e. The summed E-state index contributed by atoms with van der Waals surface area (Å²) in [6, 6.07) is 8.36. The van der Waals surface area contributed by atoms with Gasteiger partial charge < -0.3 is 4.57 Å². The molecule has 5 rings (SSSR count). The van der Waals surface area contributed by atoms with Crippen LogP contribution in [-0.4, -0.2) is 20.9 Å². The number of rotatable bonds is 4. The van der Waals surface area contributed by atoms with Gasteiger partial charge in [0.15, 0.2) is 0 Å². The lowest BCUT2D eigenvalue weighted by molar-refractivity contribution is 0.113. The monoisotopic (exact) mass is 331 g/mol. The number of alkyl halides is 1. The van der Waals surface area contributed by atoms with Crippen LogP contribution in [0.5, 0.6) is 0 Å². The quantitative estimate of drug-likeness (QED) is 0.822. The SMILES string of the molecule is F[C@H]1C[C@](c2ccc(Cl)cc2)(c2nnc(C3CC3)n2C2CC2)C1. The standard InChI is InChI=1S/C18H19ClFN3/c19-13-5-3-12(4-6-13)18(9-14(20)10-18)17-22-21-16(11-1-2-11)23(17)15-7-8-15/h3-6,11,14-15H,1-2,7-10H2/t14-,18-. The van der Waals surface area contributed by atoms with Crippen LogP contribution in [0.25, 0.3) is 0 Å². The summed E-state index contributed by atoms with van der Waals surface area (Å²) < 4.78 is 16.3. The van der Waals surface area contributed by atoms with Gasteiger partial charge in [0.1, 0.15) is 17.8 Å². The number of aromatic nitrogens is 3. The molecular weight excluding hydrogens is 313 g/mol.